The highest BCUT2D eigenvalue weighted by molar-refractivity contribution is 7.15. The van der Waals surface area contributed by atoms with E-state index in [9.17, 15) is 9.18 Å². The van der Waals surface area contributed by atoms with Gasteiger partial charge in [0.2, 0.25) is 5.91 Å². The molecule has 1 aliphatic rings. The average Bonchev–Trinajstić information content (AvgIpc) is 3.05. The number of piperidine rings is 1. The highest BCUT2D eigenvalue weighted by Crippen LogP contribution is 2.34. The Bertz CT molecular complexity index is 780. The number of aromatic nitrogens is 1. The van der Waals surface area contributed by atoms with Gasteiger partial charge < -0.3 is 15.4 Å². The van der Waals surface area contributed by atoms with Crippen LogP contribution in [-0.2, 0) is 9.53 Å². The summed E-state index contributed by atoms with van der Waals surface area (Å²) in [6.07, 6.45) is 1.53. The van der Waals surface area contributed by atoms with Gasteiger partial charge in [-0.3, -0.25) is 4.79 Å². The first-order valence-corrected chi connectivity index (χ1v) is 10.0. The molecule has 0 spiro atoms. The zero-order chi connectivity index (χ0) is 19.4. The van der Waals surface area contributed by atoms with Gasteiger partial charge in [0.15, 0.2) is 0 Å². The largest absolute Gasteiger partial charge is 0.384 e. The summed E-state index contributed by atoms with van der Waals surface area (Å²) in [5.74, 6) is -0.229. The molecule has 1 aliphatic heterocycles. The summed E-state index contributed by atoms with van der Waals surface area (Å²) < 4.78 is 18.5. The van der Waals surface area contributed by atoms with E-state index < -0.39 is 5.41 Å². The second-order valence-electron chi connectivity index (χ2n) is 7.13. The Morgan fingerprint density at radius 2 is 2.04 bits per heavy atom. The van der Waals surface area contributed by atoms with Gasteiger partial charge in [-0.1, -0.05) is 0 Å². The number of carbonyl (C=O) groups is 1. The fraction of sp³-hybridized carbons (Fsp3) is 0.500. The third-order valence-electron chi connectivity index (χ3n) is 5.13. The molecule has 146 valence electrons. The standard InChI is InChI=1S/C20H26FN3O2S/c1-13-17(27-18(23-13)15-4-6-16(21)7-5-15)14(2)24-19(25)20(12-26-3)8-10-22-11-9-20/h4-7,14,22H,8-12H2,1-3H3,(H,24,25). The number of nitrogens with zero attached hydrogens (tertiary/aromatic N) is 1. The van der Waals surface area contributed by atoms with Crippen LogP contribution < -0.4 is 10.6 Å². The van der Waals surface area contributed by atoms with Gasteiger partial charge in [0.1, 0.15) is 10.8 Å². The first-order chi connectivity index (χ1) is 12.9. The molecule has 1 saturated heterocycles. The number of halogens is 1. The van der Waals surface area contributed by atoms with Crippen LogP contribution in [0.2, 0.25) is 0 Å². The molecule has 2 aromatic rings. The second kappa shape index (κ2) is 8.46. The SMILES string of the molecule is COCC1(C(=O)NC(C)c2sc(-c3ccc(F)cc3)nc2C)CCNCC1. The van der Waals surface area contributed by atoms with Gasteiger partial charge in [0.25, 0.3) is 0 Å². The number of hydrogen-bond donors (Lipinski definition) is 2. The van der Waals surface area contributed by atoms with Crippen LogP contribution in [0.4, 0.5) is 4.39 Å². The van der Waals surface area contributed by atoms with E-state index in [1.807, 2.05) is 13.8 Å². The van der Waals surface area contributed by atoms with Crippen LogP contribution in [0.5, 0.6) is 0 Å². The molecule has 2 heterocycles. The van der Waals surface area contributed by atoms with Gasteiger partial charge in [-0.2, -0.15) is 0 Å². The fourth-order valence-electron chi connectivity index (χ4n) is 3.56. The average molecular weight is 392 g/mol. The molecule has 7 heteroatoms. The van der Waals surface area contributed by atoms with Crippen molar-refractivity contribution in [1.82, 2.24) is 15.6 Å². The van der Waals surface area contributed by atoms with Crippen molar-refractivity contribution in [3.8, 4) is 10.6 Å². The Kier molecular flexibility index (Phi) is 6.24. The van der Waals surface area contributed by atoms with Gasteiger partial charge in [-0.05, 0) is 64.0 Å². The summed E-state index contributed by atoms with van der Waals surface area (Å²) in [6, 6.07) is 6.17. The lowest BCUT2D eigenvalue weighted by atomic mass is 9.78. The molecule has 1 aromatic carbocycles. The van der Waals surface area contributed by atoms with Crippen LogP contribution in [0.25, 0.3) is 10.6 Å². The number of thiazole rings is 1. The van der Waals surface area contributed by atoms with Crippen LogP contribution in [0.1, 0.15) is 36.4 Å². The minimum absolute atomic E-state index is 0.0366. The van der Waals surface area contributed by atoms with E-state index in [0.717, 1.165) is 47.1 Å². The van der Waals surface area contributed by atoms with Crippen molar-refractivity contribution in [2.45, 2.75) is 32.7 Å². The normalized spacial score (nSPS) is 17.5. The molecule has 1 atom stereocenters. The summed E-state index contributed by atoms with van der Waals surface area (Å²) in [5.41, 5.74) is 1.29. The molecular formula is C20H26FN3O2S. The van der Waals surface area contributed by atoms with Gasteiger partial charge >= 0.3 is 0 Å². The van der Waals surface area contributed by atoms with Gasteiger partial charge in [0.05, 0.1) is 28.6 Å². The predicted octanol–water partition coefficient (Wildman–Crippen LogP) is 3.45. The number of amides is 1. The molecule has 3 rings (SSSR count). The van der Waals surface area contributed by atoms with E-state index in [-0.39, 0.29) is 17.8 Å². The van der Waals surface area contributed by atoms with Crippen molar-refractivity contribution < 1.29 is 13.9 Å². The maximum Gasteiger partial charge on any atom is 0.229 e. The first kappa shape index (κ1) is 19.9. The van der Waals surface area contributed by atoms with Crippen molar-refractivity contribution in [2.75, 3.05) is 26.8 Å². The maximum atomic E-state index is 13.2. The third kappa shape index (κ3) is 4.36. The number of methoxy groups -OCH3 is 1. The lowest BCUT2D eigenvalue weighted by molar-refractivity contribution is -0.136. The van der Waals surface area contributed by atoms with Gasteiger partial charge in [0, 0.05) is 12.7 Å². The van der Waals surface area contributed by atoms with Gasteiger partial charge in [-0.25, -0.2) is 9.37 Å². The van der Waals surface area contributed by atoms with E-state index in [0.29, 0.717) is 6.61 Å². The molecular weight excluding hydrogens is 365 g/mol. The van der Waals surface area contributed by atoms with E-state index >= 15 is 0 Å². The summed E-state index contributed by atoms with van der Waals surface area (Å²) in [6.45, 7) is 5.99. The van der Waals surface area contributed by atoms with Crippen molar-refractivity contribution in [3.63, 3.8) is 0 Å². The second-order valence-corrected chi connectivity index (χ2v) is 8.16. The molecule has 0 bridgehead atoms. The molecule has 1 unspecified atom stereocenters. The molecule has 1 fully saturated rings. The quantitative estimate of drug-likeness (QED) is 0.792. The fourth-order valence-corrected chi connectivity index (χ4v) is 4.63. The topological polar surface area (TPSA) is 63.2 Å². The first-order valence-electron chi connectivity index (χ1n) is 9.19. The zero-order valence-corrected chi connectivity index (χ0v) is 16.8. The number of benzene rings is 1. The summed E-state index contributed by atoms with van der Waals surface area (Å²) in [7, 11) is 1.64. The van der Waals surface area contributed by atoms with Crippen molar-refractivity contribution >= 4 is 17.2 Å². The Balaban J connectivity index is 1.76. The highest BCUT2D eigenvalue weighted by atomic mass is 32.1. The monoisotopic (exact) mass is 391 g/mol. The third-order valence-corrected chi connectivity index (χ3v) is 6.52. The van der Waals surface area contributed by atoms with Crippen LogP contribution in [0.15, 0.2) is 24.3 Å². The Labute approximate surface area is 163 Å². The van der Waals surface area contributed by atoms with E-state index in [1.165, 1.54) is 23.5 Å². The predicted molar refractivity (Wildman–Crippen MR) is 105 cm³/mol. The molecule has 0 saturated carbocycles. The van der Waals surface area contributed by atoms with E-state index in [4.69, 9.17) is 4.74 Å². The summed E-state index contributed by atoms with van der Waals surface area (Å²) in [5, 5.41) is 7.30. The Morgan fingerprint density at radius 1 is 1.37 bits per heavy atom. The summed E-state index contributed by atoms with van der Waals surface area (Å²) >= 11 is 1.54. The number of hydrogen-bond acceptors (Lipinski definition) is 5. The van der Waals surface area contributed by atoms with Gasteiger partial charge in [-0.15, -0.1) is 11.3 Å². The molecule has 1 amide bonds. The van der Waals surface area contributed by atoms with Crippen molar-refractivity contribution in [2.24, 2.45) is 5.41 Å². The van der Waals surface area contributed by atoms with Crippen LogP contribution in [0.3, 0.4) is 0 Å². The molecule has 0 aliphatic carbocycles. The van der Waals surface area contributed by atoms with E-state index in [1.54, 1.807) is 19.2 Å². The number of aryl methyl sites for hydroxylation is 1. The Morgan fingerprint density at radius 3 is 2.67 bits per heavy atom. The van der Waals surface area contributed by atoms with Crippen molar-refractivity contribution in [3.05, 3.63) is 40.7 Å². The number of carbonyl (C=O) groups excluding carboxylic acids is 1. The zero-order valence-electron chi connectivity index (χ0n) is 16.0. The maximum absolute atomic E-state index is 13.2. The minimum Gasteiger partial charge on any atom is -0.384 e. The lowest BCUT2D eigenvalue weighted by Crippen LogP contribution is -2.50. The lowest BCUT2D eigenvalue weighted by Gasteiger charge is -2.36. The minimum atomic E-state index is -0.480. The molecule has 27 heavy (non-hydrogen) atoms. The number of rotatable bonds is 6. The van der Waals surface area contributed by atoms with Crippen LogP contribution in [0, 0.1) is 18.2 Å². The smallest absolute Gasteiger partial charge is 0.229 e. The van der Waals surface area contributed by atoms with Crippen LogP contribution in [-0.4, -0.2) is 37.7 Å². The molecule has 1 aromatic heterocycles. The Hall–Kier alpha value is -1.83. The van der Waals surface area contributed by atoms with Crippen LogP contribution >= 0.6 is 11.3 Å². The number of nitrogens with one attached hydrogen (secondary N) is 2. The summed E-state index contributed by atoms with van der Waals surface area (Å²) in [4.78, 5) is 18.7. The number of ether oxygens (including phenoxy) is 1. The van der Waals surface area contributed by atoms with E-state index in [2.05, 4.69) is 15.6 Å². The molecule has 0 radical (unpaired) electrons. The van der Waals surface area contributed by atoms with Crippen molar-refractivity contribution in [1.29, 1.82) is 0 Å². The molecule has 2 N–H and O–H groups in total. The highest BCUT2D eigenvalue weighted by Gasteiger charge is 2.40. The molecule has 5 nitrogen and oxygen atoms in total.